The maximum absolute atomic E-state index is 13.0. The summed E-state index contributed by atoms with van der Waals surface area (Å²) in [6.07, 6.45) is 3.30. The fraction of sp³-hybridized carbons (Fsp3) is 0.286. The zero-order valence-electron chi connectivity index (χ0n) is 15.4. The topological polar surface area (TPSA) is 54.0 Å². The van der Waals surface area contributed by atoms with Gasteiger partial charge in [-0.05, 0) is 54.8 Å². The SMILES string of the molecule is COc1ccc(OC)c(/C=C2\CCc3cc(OC)c(OC)cc3C2=O)c1. The molecule has 0 heterocycles. The molecule has 2 aromatic rings. The zero-order valence-corrected chi connectivity index (χ0v) is 15.4. The number of allylic oxidation sites excluding steroid dienone is 1. The van der Waals surface area contributed by atoms with Gasteiger partial charge in [0.2, 0.25) is 0 Å². The van der Waals surface area contributed by atoms with Crippen molar-refractivity contribution in [1.29, 1.82) is 0 Å². The Balaban J connectivity index is 2.03. The number of rotatable bonds is 5. The molecular weight excluding hydrogens is 332 g/mol. The maximum atomic E-state index is 13.0. The number of ether oxygens (including phenoxy) is 4. The summed E-state index contributed by atoms with van der Waals surface area (Å²) in [7, 11) is 6.38. The highest BCUT2D eigenvalue weighted by molar-refractivity contribution is 6.13. The van der Waals surface area contributed by atoms with Crippen LogP contribution in [0.1, 0.15) is 27.9 Å². The quantitative estimate of drug-likeness (QED) is 0.762. The van der Waals surface area contributed by atoms with Crippen LogP contribution in [0.3, 0.4) is 0 Å². The van der Waals surface area contributed by atoms with E-state index in [9.17, 15) is 4.79 Å². The molecule has 0 aliphatic heterocycles. The molecule has 0 aromatic heterocycles. The van der Waals surface area contributed by atoms with Crippen molar-refractivity contribution in [3.05, 3.63) is 52.6 Å². The predicted octanol–water partition coefficient (Wildman–Crippen LogP) is 3.93. The fourth-order valence-electron chi connectivity index (χ4n) is 3.17. The lowest BCUT2D eigenvalue weighted by atomic mass is 9.85. The third-order valence-corrected chi connectivity index (χ3v) is 4.58. The summed E-state index contributed by atoms with van der Waals surface area (Å²) >= 11 is 0. The highest BCUT2D eigenvalue weighted by atomic mass is 16.5. The summed E-state index contributed by atoms with van der Waals surface area (Å²) in [5.74, 6) is 2.61. The van der Waals surface area contributed by atoms with Crippen molar-refractivity contribution in [3.8, 4) is 23.0 Å². The summed E-state index contributed by atoms with van der Waals surface area (Å²) in [5, 5.41) is 0. The zero-order chi connectivity index (χ0) is 18.7. The smallest absolute Gasteiger partial charge is 0.189 e. The lowest BCUT2D eigenvalue weighted by molar-refractivity contribution is 0.102. The van der Waals surface area contributed by atoms with Gasteiger partial charge in [-0.2, -0.15) is 0 Å². The normalized spacial score (nSPS) is 14.8. The lowest BCUT2D eigenvalue weighted by Crippen LogP contribution is -2.14. The molecule has 0 radical (unpaired) electrons. The van der Waals surface area contributed by atoms with Crippen LogP contribution < -0.4 is 18.9 Å². The summed E-state index contributed by atoms with van der Waals surface area (Å²) in [6.45, 7) is 0. The van der Waals surface area contributed by atoms with E-state index < -0.39 is 0 Å². The van der Waals surface area contributed by atoms with Crippen molar-refractivity contribution in [1.82, 2.24) is 0 Å². The van der Waals surface area contributed by atoms with Crippen LogP contribution >= 0.6 is 0 Å². The minimum atomic E-state index is -0.00271. The van der Waals surface area contributed by atoms with Crippen LogP contribution in [-0.2, 0) is 6.42 Å². The number of carbonyl (C=O) groups is 1. The van der Waals surface area contributed by atoms with Gasteiger partial charge >= 0.3 is 0 Å². The largest absolute Gasteiger partial charge is 0.497 e. The minimum Gasteiger partial charge on any atom is -0.497 e. The van der Waals surface area contributed by atoms with Gasteiger partial charge < -0.3 is 18.9 Å². The number of methoxy groups -OCH3 is 4. The predicted molar refractivity (Wildman–Crippen MR) is 99.7 cm³/mol. The fourth-order valence-corrected chi connectivity index (χ4v) is 3.17. The number of hydrogen-bond acceptors (Lipinski definition) is 5. The van der Waals surface area contributed by atoms with Gasteiger partial charge in [-0.1, -0.05) is 0 Å². The number of benzene rings is 2. The number of fused-ring (bicyclic) bond motifs is 1. The first-order valence-corrected chi connectivity index (χ1v) is 8.33. The first kappa shape index (κ1) is 17.9. The Labute approximate surface area is 153 Å². The van der Waals surface area contributed by atoms with Crippen molar-refractivity contribution in [3.63, 3.8) is 0 Å². The molecule has 5 nitrogen and oxygen atoms in total. The van der Waals surface area contributed by atoms with Crippen LogP contribution in [0.2, 0.25) is 0 Å². The Morgan fingerprint density at radius 3 is 2.15 bits per heavy atom. The van der Waals surface area contributed by atoms with Gasteiger partial charge in [0.15, 0.2) is 17.3 Å². The molecule has 5 heteroatoms. The molecule has 3 rings (SSSR count). The van der Waals surface area contributed by atoms with Gasteiger partial charge in [-0.3, -0.25) is 4.79 Å². The average Bonchev–Trinajstić information content (AvgIpc) is 2.69. The Kier molecular flexibility index (Phi) is 5.16. The molecule has 0 saturated carbocycles. The molecule has 0 saturated heterocycles. The number of aryl methyl sites for hydroxylation is 1. The first-order chi connectivity index (χ1) is 12.6. The second kappa shape index (κ2) is 7.52. The number of ketones is 1. The van der Waals surface area contributed by atoms with Crippen molar-refractivity contribution >= 4 is 11.9 Å². The van der Waals surface area contributed by atoms with Gasteiger partial charge in [0.1, 0.15) is 11.5 Å². The standard InChI is InChI=1S/C21H22O5/c1-23-16-7-8-18(24-2)15(10-16)9-14-6-5-13-11-19(25-3)20(26-4)12-17(13)21(14)22/h7-12H,5-6H2,1-4H3/b14-9+. The van der Waals surface area contributed by atoms with E-state index in [-0.39, 0.29) is 5.78 Å². The average molecular weight is 354 g/mol. The number of carbonyl (C=O) groups excluding carboxylic acids is 1. The third kappa shape index (κ3) is 3.25. The molecule has 0 unspecified atom stereocenters. The van der Waals surface area contributed by atoms with Gasteiger partial charge in [0, 0.05) is 16.7 Å². The van der Waals surface area contributed by atoms with E-state index in [4.69, 9.17) is 18.9 Å². The molecule has 0 fully saturated rings. The summed E-state index contributed by atoms with van der Waals surface area (Å²) in [6, 6.07) is 9.17. The first-order valence-electron chi connectivity index (χ1n) is 8.33. The Hall–Kier alpha value is -2.95. The van der Waals surface area contributed by atoms with Crippen molar-refractivity contribution in [2.45, 2.75) is 12.8 Å². The van der Waals surface area contributed by atoms with E-state index >= 15 is 0 Å². The summed E-state index contributed by atoms with van der Waals surface area (Å²) < 4.78 is 21.4. The molecule has 1 aliphatic rings. The van der Waals surface area contributed by atoms with Crippen LogP contribution in [0.5, 0.6) is 23.0 Å². The molecule has 1 aliphatic carbocycles. The monoisotopic (exact) mass is 354 g/mol. The molecule has 136 valence electrons. The van der Waals surface area contributed by atoms with Gasteiger partial charge in [0.25, 0.3) is 0 Å². The van der Waals surface area contributed by atoms with Crippen molar-refractivity contribution < 1.29 is 23.7 Å². The Bertz CT molecular complexity index is 867. The lowest BCUT2D eigenvalue weighted by Gasteiger charge is -2.20. The second-order valence-electron chi connectivity index (χ2n) is 5.97. The van der Waals surface area contributed by atoms with E-state index in [1.54, 1.807) is 34.5 Å². The molecule has 0 bridgehead atoms. The molecule has 2 aromatic carbocycles. The van der Waals surface area contributed by atoms with Crippen LogP contribution in [0, 0.1) is 0 Å². The van der Waals surface area contributed by atoms with Crippen LogP contribution in [-0.4, -0.2) is 34.2 Å². The van der Waals surface area contributed by atoms with E-state index in [0.29, 0.717) is 35.0 Å². The summed E-state index contributed by atoms with van der Waals surface area (Å²) in [5.41, 5.74) is 3.18. The maximum Gasteiger partial charge on any atom is 0.189 e. The van der Waals surface area contributed by atoms with Crippen LogP contribution in [0.4, 0.5) is 0 Å². The van der Waals surface area contributed by atoms with Crippen LogP contribution in [0.25, 0.3) is 6.08 Å². The highest BCUT2D eigenvalue weighted by Crippen LogP contribution is 2.36. The van der Waals surface area contributed by atoms with Crippen molar-refractivity contribution in [2.75, 3.05) is 28.4 Å². The van der Waals surface area contributed by atoms with E-state index in [0.717, 1.165) is 23.1 Å². The molecule has 26 heavy (non-hydrogen) atoms. The van der Waals surface area contributed by atoms with Gasteiger partial charge in [-0.15, -0.1) is 0 Å². The van der Waals surface area contributed by atoms with E-state index in [2.05, 4.69) is 0 Å². The van der Waals surface area contributed by atoms with Gasteiger partial charge in [-0.25, -0.2) is 0 Å². The Morgan fingerprint density at radius 2 is 1.50 bits per heavy atom. The molecule has 0 amide bonds. The third-order valence-electron chi connectivity index (χ3n) is 4.58. The second-order valence-corrected chi connectivity index (χ2v) is 5.97. The highest BCUT2D eigenvalue weighted by Gasteiger charge is 2.24. The number of hydrogen-bond donors (Lipinski definition) is 0. The van der Waals surface area contributed by atoms with Crippen LogP contribution in [0.15, 0.2) is 35.9 Å². The summed E-state index contributed by atoms with van der Waals surface area (Å²) in [4.78, 5) is 13.0. The van der Waals surface area contributed by atoms with E-state index in [1.807, 2.05) is 30.3 Å². The molecule has 0 spiro atoms. The molecule has 0 atom stereocenters. The minimum absolute atomic E-state index is 0.00271. The van der Waals surface area contributed by atoms with E-state index in [1.165, 1.54) is 0 Å². The van der Waals surface area contributed by atoms with Crippen molar-refractivity contribution in [2.24, 2.45) is 0 Å². The molecular formula is C21H22O5. The molecule has 0 N–H and O–H groups in total. The number of Topliss-reactive ketones (excluding diaryl/α,β-unsaturated/α-hetero) is 1. The van der Waals surface area contributed by atoms with Gasteiger partial charge in [0.05, 0.1) is 28.4 Å². The Morgan fingerprint density at radius 1 is 0.808 bits per heavy atom.